The van der Waals surface area contributed by atoms with E-state index in [1.54, 1.807) is 4.68 Å². The van der Waals surface area contributed by atoms with E-state index in [0.29, 0.717) is 13.1 Å². The van der Waals surface area contributed by atoms with Crippen LogP contribution in [0.25, 0.3) is 0 Å². The first kappa shape index (κ1) is 22.3. The number of carbonyl (C=O) groups is 2. The van der Waals surface area contributed by atoms with Gasteiger partial charge in [-0.1, -0.05) is 25.0 Å². The van der Waals surface area contributed by atoms with Crippen LogP contribution in [0.2, 0.25) is 0 Å². The van der Waals surface area contributed by atoms with Gasteiger partial charge in [-0.05, 0) is 36.1 Å². The molecule has 3 N–H and O–H groups in total. The van der Waals surface area contributed by atoms with Gasteiger partial charge < -0.3 is 16.0 Å². The van der Waals surface area contributed by atoms with E-state index in [-0.39, 0.29) is 42.0 Å². The molecule has 2 aromatic rings. The maximum Gasteiger partial charge on any atom is 0.227 e. The fourth-order valence-electron chi connectivity index (χ4n) is 4.45. The van der Waals surface area contributed by atoms with Crippen molar-refractivity contribution in [3.05, 3.63) is 47.8 Å². The first-order chi connectivity index (χ1) is 14.1. The molecular weight excluding hydrogens is 402 g/mol. The van der Waals surface area contributed by atoms with E-state index in [2.05, 4.69) is 21.0 Å². The summed E-state index contributed by atoms with van der Waals surface area (Å²) in [6.45, 7) is 1.90. The SMILES string of the molecule is Cl.Cn1cc([C@H]2CNC[C@@H]2C(=O)NCc2cccc(NC(=O)C3CCCC3)c2)cn1. The Labute approximate surface area is 183 Å². The zero-order valence-electron chi connectivity index (χ0n) is 17.3. The molecule has 8 heteroatoms. The van der Waals surface area contributed by atoms with Crippen molar-refractivity contribution in [2.75, 3.05) is 18.4 Å². The molecule has 0 radical (unpaired) electrons. The number of rotatable bonds is 6. The van der Waals surface area contributed by atoms with Gasteiger partial charge in [-0.15, -0.1) is 12.4 Å². The van der Waals surface area contributed by atoms with Crippen molar-refractivity contribution < 1.29 is 9.59 Å². The smallest absolute Gasteiger partial charge is 0.227 e. The standard InChI is InChI=1S/C22H29N5O2.ClH/c1-27-14-17(11-25-27)19-12-23-13-20(19)22(29)24-10-15-5-4-8-18(9-15)26-21(28)16-6-2-3-7-16;/h4-5,8-9,11,14,16,19-20,23H,2-3,6-7,10,12-13H2,1H3,(H,24,29)(H,26,28);1H/t19-,20+;/m1./s1. The van der Waals surface area contributed by atoms with Gasteiger partial charge in [0.15, 0.2) is 0 Å². The van der Waals surface area contributed by atoms with Crippen molar-refractivity contribution in [3.63, 3.8) is 0 Å². The van der Waals surface area contributed by atoms with E-state index in [0.717, 1.165) is 49.0 Å². The van der Waals surface area contributed by atoms with Crippen LogP contribution in [0.3, 0.4) is 0 Å². The fourth-order valence-corrected chi connectivity index (χ4v) is 4.45. The second-order valence-electron chi connectivity index (χ2n) is 8.21. The first-order valence-corrected chi connectivity index (χ1v) is 10.5. The highest BCUT2D eigenvalue weighted by Gasteiger charge is 2.34. The molecule has 1 aliphatic carbocycles. The molecule has 1 aliphatic heterocycles. The monoisotopic (exact) mass is 431 g/mol. The van der Waals surface area contributed by atoms with Gasteiger partial charge in [0.2, 0.25) is 11.8 Å². The summed E-state index contributed by atoms with van der Waals surface area (Å²) >= 11 is 0. The Balaban J connectivity index is 0.00000256. The Bertz CT molecular complexity index is 878. The van der Waals surface area contributed by atoms with Crippen LogP contribution in [-0.2, 0) is 23.2 Å². The number of hydrogen-bond acceptors (Lipinski definition) is 4. The molecule has 1 saturated heterocycles. The van der Waals surface area contributed by atoms with Crippen molar-refractivity contribution >= 4 is 29.9 Å². The predicted octanol–water partition coefficient (Wildman–Crippen LogP) is 2.59. The van der Waals surface area contributed by atoms with Gasteiger partial charge in [0.05, 0.1) is 12.1 Å². The molecule has 0 spiro atoms. The molecule has 2 heterocycles. The number of benzene rings is 1. The Hall–Kier alpha value is -2.38. The second kappa shape index (κ2) is 10.1. The van der Waals surface area contributed by atoms with E-state index in [1.807, 2.05) is 43.7 Å². The lowest BCUT2D eigenvalue weighted by Crippen LogP contribution is -2.34. The summed E-state index contributed by atoms with van der Waals surface area (Å²) in [4.78, 5) is 25.1. The number of halogens is 1. The van der Waals surface area contributed by atoms with Crippen LogP contribution in [0.4, 0.5) is 5.69 Å². The molecule has 2 atom stereocenters. The predicted molar refractivity (Wildman–Crippen MR) is 118 cm³/mol. The van der Waals surface area contributed by atoms with E-state index >= 15 is 0 Å². The third-order valence-corrected chi connectivity index (χ3v) is 6.09. The third-order valence-electron chi connectivity index (χ3n) is 6.09. The summed E-state index contributed by atoms with van der Waals surface area (Å²) < 4.78 is 1.77. The minimum atomic E-state index is -0.107. The normalized spacial score (nSPS) is 21.2. The number of aryl methyl sites for hydroxylation is 1. The maximum atomic E-state index is 12.8. The minimum Gasteiger partial charge on any atom is -0.352 e. The van der Waals surface area contributed by atoms with Gasteiger partial charge in [0.1, 0.15) is 0 Å². The Morgan fingerprint density at radius 1 is 1.20 bits per heavy atom. The number of hydrogen-bond donors (Lipinski definition) is 3. The molecule has 2 amide bonds. The van der Waals surface area contributed by atoms with Gasteiger partial charge in [0.25, 0.3) is 0 Å². The zero-order chi connectivity index (χ0) is 20.2. The number of aromatic nitrogens is 2. The summed E-state index contributed by atoms with van der Waals surface area (Å²) in [7, 11) is 1.89. The van der Waals surface area contributed by atoms with E-state index in [1.165, 1.54) is 0 Å². The number of nitrogens with one attached hydrogen (secondary N) is 3. The molecule has 1 aromatic heterocycles. The van der Waals surface area contributed by atoms with Crippen LogP contribution in [0, 0.1) is 11.8 Å². The summed E-state index contributed by atoms with van der Waals surface area (Å²) in [6, 6.07) is 7.73. The number of nitrogens with zero attached hydrogens (tertiary/aromatic N) is 2. The summed E-state index contributed by atoms with van der Waals surface area (Å²) in [5.74, 6) is 0.326. The molecule has 7 nitrogen and oxygen atoms in total. The Kier molecular flexibility index (Phi) is 7.50. The third kappa shape index (κ3) is 5.21. The molecule has 0 bridgehead atoms. The highest BCUT2D eigenvalue weighted by atomic mass is 35.5. The molecule has 30 heavy (non-hydrogen) atoms. The lowest BCUT2D eigenvalue weighted by molar-refractivity contribution is -0.125. The molecule has 4 rings (SSSR count). The van der Waals surface area contributed by atoms with Crippen LogP contribution in [0.1, 0.15) is 42.7 Å². The molecule has 0 unspecified atom stereocenters. The van der Waals surface area contributed by atoms with Crippen molar-refractivity contribution in [2.45, 2.75) is 38.1 Å². The summed E-state index contributed by atoms with van der Waals surface area (Å²) in [5, 5.41) is 13.6. The van der Waals surface area contributed by atoms with Crippen LogP contribution >= 0.6 is 12.4 Å². The van der Waals surface area contributed by atoms with Crippen LogP contribution in [0.5, 0.6) is 0 Å². The quantitative estimate of drug-likeness (QED) is 0.656. The van der Waals surface area contributed by atoms with Crippen LogP contribution in [0.15, 0.2) is 36.7 Å². The highest BCUT2D eigenvalue weighted by Crippen LogP contribution is 2.28. The minimum absolute atomic E-state index is 0. The van der Waals surface area contributed by atoms with Crippen molar-refractivity contribution in [2.24, 2.45) is 18.9 Å². The van der Waals surface area contributed by atoms with Crippen molar-refractivity contribution in [3.8, 4) is 0 Å². The number of anilines is 1. The van der Waals surface area contributed by atoms with E-state index < -0.39 is 0 Å². The van der Waals surface area contributed by atoms with Crippen molar-refractivity contribution in [1.29, 1.82) is 0 Å². The number of amides is 2. The van der Waals surface area contributed by atoms with Gasteiger partial charge in [-0.3, -0.25) is 14.3 Å². The second-order valence-corrected chi connectivity index (χ2v) is 8.21. The molecule has 162 valence electrons. The van der Waals surface area contributed by atoms with Gasteiger partial charge in [0, 0.05) is 50.4 Å². The van der Waals surface area contributed by atoms with Gasteiger partial charge in [-0.2, -0.15) is 5.10 Å². The van der Waals surface area contributed by atoms with Gasteiger partial charge >= 0.3 is 0 Å². The fraction of sp³-hybridized carbons (Fsp3) is 0.500. The average molecular weight is 432 g/mol. The van der Waals surface area contributed by atoms with Crippen molar-refractivity contribution in [1.82, 2.24) is 20.4 Å². The largest absolute Gasteiger partial charge is 0.352 e. The summed E-state index contributed by atoms with van der Waals surface area (Å²) in [5.41, 5.74) is 2.87. The molecule has 2 fully saturated rings. The van der Waals surface area contributed by atoms with Crippen LogP contribution < -0.4 is 16.0 Å². The lowest BCUT2D eigenvalue weighted by atomic mass is 9.90. The maximum absolute atomic E-state index is 12.8. The lowest BCUT2D eigenvalue weighted by Gasteiger charge is -2.17. The van der Waals surface area contributed by atoms with Gasteiger partial charge in [-0.25, -0.2) is 0 Å². The van der Waals surface area contributed by atoms with E-state index in [4.69, 9.17) is 0 Å². The molecule has 1 saturated carbocycles. The zero-order valence-corrected chi connectivity index (χ0v) is 18.1. The Morgan fingerprint density at radius 3 is 2.73 bits per heavy atom. The average Bonchev–Trinajstić information content (AvgIpc) is 3.47. The molecule has 1 aromatic carbocycles. The molecule has 2 aliphatic rings. The first-order valence-electron chi connectivity index (χ1n) is 10.5. The number of carbonyl (C=O) groups excluding carboxylic acids is 2. The highest BCUT2D eigenvalue weighted by molar-refractivity contribution is 5.92. The van der Waals surface area contributed by atoms with E-state index in [9.17, 15) is 9.59 Å². The topological polar surface area (TPSA) is 88.0 Å². The van der Waals surface area contributed by atoms with Crippen LogP contribution in [-0.4, -0.2) is 34.7 Å². The summed E-state index contributed by atoms with van der Waals surface area (Å²) in [6.07, 6.45) is 8.06. The Morgan fingerprint density at radius 2 is 2.00 bits per heavy atom. The molecular formula is C22H30ClN5O2.